The van der Waals surface area contributed by atoms with E-state index in [1.54, 1.807) is 7.05 Å². The number of nitrogens with one attached hydrogen (secondary N) is 2. The van der Waals surface area contributed by atoms with E-state index >= 15 is 0 Å². The van der Waals surface area contributed by atoms with Crippen LogP contribution in [0.25, 0.3) is 0 Å². The summed E-state index contributed by atoms with van der Waals surface area (Å²) in [6.45, 7) is 7.64. The van der Waals surface area contributed by atoms with E-state index in [9.17, 15) is 5.21 Å². The summed E-state index contributed by atoms with van der Waals surface area (Å²) in [5.41, 5.74) is 2.44. The Hall–Kier alpha value is -0.330. The van der Waals surface area contributed by atoms with E-state index in [4.69, 9.17) is 0 Å². The molecular formula is C5H13IN6O2-2. The Morgan fingerprint density at radius 1 is 1.50 bits per heavy atom. The zero-order valence-electron chi connectivity index (χ0n) is 7.81. The molecule has 0 spiro atoms. The third kappa shape index (κ3) is 6.17. The topological polar surface area (TPSA) is 87.6 Å². The molecule has 0 aliphatic heterocycles. The summed E-state index contributed by atoms with van der Waals surface area (Å²) in [5, 5.41) is 17.5. The summed E-state index contributed by atoms with van der Waals surface area (Å²) in [6, 6.07) is 0. The molecule has 2 N–H and O–H groups in total. The van der Waals surface area contributed by atoms with E-state index in [1.807, 2.05) is 0 Å². The average molecular weight is 316 g/mol. The van der Waals surface area contributed by atoms with Gasteiger partial charge in [-0.05, 0) is 0 Å². The van der Waals surface area contributed by atoms with E-state index in [-0.39, 0.29) is 5.34 Å². The summed E-state index contributed by atoms with van der Waals surface area (Å²) in [5.74, 6) is 0. The number of hydrogen-bond donors (Lipinski definition) is 2. The SMILES string of the molecule is C=N[I-]N(N=C)N([O-])ONCCNC. The predicted octanol–water partition coefficient (Wildman–Crippen LogP) is -4.11. The second kappa shape index (κ2) is 9.23. The van der Waals surface area contributed by atoms with Gasteiger partial charge in [0.1, 0.15) is 0 Å². The molecular weight excluding hydrogens is 303 g/mol. The molecule has 0 aromatic rings. The normalized spacial score (nSPS) is 10.5. The van der Waals surface area contributed by atoms with Gasteiger partial charge in [-0.2, -0.15) is 0 Å². The molecule has 0 bridgehead atoms. The molecule has 0 aromatic carbocycles. The molecule has 0 aromatic heterocycles. The summed E-state index contributed by atoms with van der Waals surface area (Å²) in [6.07, 6.45) is 0. The van der Waals surface area contributed by atoms with Gasteiger partial charge in [-0.1, -0.05) is 0 Å². The van der Waals surface area contributed by atoms with Crippen LogP contribution in [0.2, 0.25) is 0 Å². The van der Waals surface area contributed by atoms with Gasteiger partial charge in [0, 0.05) is 0 Å². The van der Waals surface area contributed by atoms with Gasteiger partial charge < -0.3 is 0 Å². The Balaban J connectivity index is 3.62. The van der Waals surface area contributed by atoms with E-state index in [0.29, 0.717) is 13.1 Å². The first-order chi connectivity index (χ1) is 6.76. The van der Waals surface area contributed by atoms with Gasteiger partial charge in [-0.15, -0.1) is 0 Å². The molecule has 14 heavy (non-hydrogen) atoms. The van der Waals surface area contributed by atoms with Gasteiger partial charge in [-0.25, -0.2) is 0 Å². The number of hydrazone groups is 1. The fourth-order valence-corrected chi connectivity index (χ4v) is 1.12. The molecule has 0 amide bonds. The molecule has 0 radical (unpaired) electrons. The first-order valence-electron chi connectivity index (χ1n) is 3.65. The van der Waals surface area contributed by atoms with Crippen molar-refractivity contribution in [1.82, 2.24) is 19.5 Å². The number of nitrogens with zero attached hydrogens (tertiary/aromatic N) is 4. The molecule has 8 nitrogen and oxygen atoms in total. The molecule has 0 heterocycles. The third-order valence-electron chi connectivity index (χ3n) is 0.992. The van der Waals surface area contributed by atoms with Gasteiger partial charge in [-0.3, -0.25) is 0 Å². The summed E-state index contributed by atoms with van der Waals surface area (Å²) < 4.78 is 4.53. The van der Waals surface area contributed by atoms with Crippen molar-refractivity contribution in [3.63, 3.8) is 0 Å². The van der Waals surface area contributed by atoms with Crippen molar-refractivity contribution in [3.05, 3.63) is 5.21 Å². The molecule has 0 rings (SSSR count). The third-order valence-corrected chi connectivity index (χ3v) is 2.34. The molecule has 0 saturated heterocycles. The maximum atomic E-state index is 11.1. The van der Waals surface area contributed by atoms with Crippen molar-refractivity contribution >= 4 is 13.4 Å². The van der Waals surface area contributed by atoms with Crippen LogP contribution in [0.4, 0.5) is 0 Å². The number of hydrazine groups is 1. The van der Waals surface area contributed by atoms with Gasteiger partial charge >= 0.3 is 93.2 Å². The summed E-state index contributed by atoms with van der Waals surface area (Å²) in [4.78, 5) is 4.57. The van der Waals surface area contributed by atoms with Gasteiger partial charge in [0.25, 0.3) is 0 Å². The number of halogens is 1. The van der Waals surface area contributed by atoms with E-state index < -0.39 is 21.8 Å². The minimum absolute atomic E-state index is 0.185. The minimum atomic E-state index is -0.953. The Morgan fingerprint density at radius 3 is 2.71 bits per heavy atom. The van der Waals surface area contributed by atoms with Crippen LogP contribution in [0, 0.1) is 5.21 Å². The van der Waals surface area contributed by atoms with Gasteiger partial charge in [0.15, 0.2) is 0 Å². The number of likely N-dealkylation sites (N-methyl/N-ethyl adjacent to an activating group) is 1. The van der Waals surface area contributed by atoms with Crippen molar-refractivity contribution in [2.45, 2.75) is 0 Å². The van der Waals surface area contributed by atoms with Crippen LogP contribution >= 0.6 is 0 Å². The van der Waals surface area contributed by atoms with Crippen LogP contribution in [0.1, 0.15) is 0 Å². The van der Waals surface area contributed by atoms with Crippen molar-refractivity contribution in [3.8, 4) is 0 Å². The number of rotatable bonds is 9. The van der Waals surface area contributed by atoms with Crippen LogP contribution in [0.3, 0.4) is 0 Å². The Morgan fingerprint density at radius 2 is 2.21 bits per heavy atom. The van der Waals surface area contributed by atoms with Crippen molar-refractivity contribution in [2.24, 2.45) is 8.31 Å². The first-order valence-corrected chi connectivity index (χ1v) is 5.58. The van der Waals surface area contributed by atoms with E-state index in [0.717, 1.165) is 3.33 Å². The number of hydroxylamine groups is 1. The van der Waals surface area contributed by atoms with Crippen LogP contribution < -0.4 is 32.5 Å². The van der Waals surface area contributed by atoms with Crippen LogP contribution in [-0.2, 0) is 4.94 Å². The van der Waals surface area contributed by atoms with Crippen molar-refractivity contribution in [2.75, 3.05) is 20.1 Å². The average Bonchev–Trinajstić information content (AvgIpc) is 2.20. The number of hydrogen-bond acceptors (Lipinski definition) is 8. The molecule has 84 valence electrons. The summed E-state index contributed by atoms with van der Waals surface area (Å²) in [7, 11) is 1.79. The molecule has 0 atom stereocenters. The van der Waals surface area contributed by atoms with Gasteiger partial charge in [0.2, 0.25) is 0 Å². The fourth-order valence-electron chi connectivity index (χ4n) is 0.462. The molecule has 9 heteroatoms. The monoisotopic (exact) mass is 316 g/mol. The van der Waals surface area contributed by atoms with Crippen LogP contribution in [0.5, 0.6) is 0 Å². The fraction of sp³-hybridized carbons (Fsp3) is 0.600. The predicted molar refractivity (Wildman–Crippen MR) is 49.2 cm³/mol. The van der Waals surface area contributed by atoms with E-state index in [1.165, 1.54) is 0 Å². The zero-order chi connectivity index (χ0) is 10.8. The quantitative estimate of drug-likeness (QED) is 0.148. The van der Waals surface area contributed by atoms with Crippen LogP contribution in [-0.4, -0.2) is 42.2 Å². The van der Waals surface area contributed by atoms with Gasteiger partial charge in [0.05, 0.1) is 0 Å². The van der Waals surface area contributed by atoms with Crippen molar-refractivity contribution in [1.29, 1.82) is 0 Å². The Bertz CT molecular complexity index is 170. The van der Waals surface area contributed by atoms with E-state index in [2.05, 4.69) is 37.5 Å². The molecule has 0 aliphatic rings. The molecule has 0 fully saturated rings. The summed E-state index contributed by atoms with van der Waals surface area (Å²) >= 11 is -0.953. The van der Waals surface area contributed by atoms with Crippen molar-refractivity contribution < 1.29 is 26.7 Å². The standard InChI is InChI=1S/C5H13IN6O2/c1-7-4-5-10-14-12(13)11(9-3)6-8-2/h7,10H,2-5H2,1H3/q-2. The molecule has 0 unspecified atom stereocenters. The second-order valence-corrected chi connectivity index (χ2v) is 3.88. The zero-order valence-corrected chi connectivity index (χ0v) is 9.97. The molecule has 0 aliphatic carbocycles. The van der Waals surface area contributed by atoms with Crippen LogP contribution in [0.15, 0.2) is 8.31 Å². The Kier molecular flexibility index (Phi) is 9.02. The second-order valence-electron chi connectivity index (χ2n) is 1.90. The molecule has 0 saturated carbocycles. The first kappa shape index (κ1) is 13.7. The Labute approximate surface area is 93.4 Å². The maximum absolute atomic E-state index is 11.1.